The Bertz CT molecular complexity index is 776. The van der Waals surface area contributed by atoms with E-state index in [-0.39, 0.29) is 24.7 Å². The molecule has 0 saturated carbocycles. The number of fused-ring (bicyclic) bond motifs is 1. The molecule has 7 nitrogen and oxygen atoms in total. The zero-order chi connectivity index (χ0) is 18.5. The summed E-state index contributed by atoms with van der Waals surface area (Å²) in [6.45, 7) is 1.03. The third kappa shape index (κ3) is 4.45. The summed E-state index contributed by atoms with van der Waals surface area (Å²) in [6.07, 6.45) is 4.34. The lowest BCUT2D eigenvalue weighted by Crippen LogP contribution is -2.48. The maximum absolute atomic E-state index is 12.2. The molecule has 1 aliphatic rings. The summed E-state index contributed by atoms with van der Waals surface area (Å²) in [6, 6.07) is 7.45. The van der Waals surface area contributed by atoms with E-state index in [0.717, 1.165) is 23.8 Å². The van der Waals surface area contributed by atoms with Crippen LogP contribution in [0.4, 0.5) is 0 Å². The minimum absolute atomic E-state index is 0.0765. The van der Waals surface area contributed by atoms with E-state index < -0.39 is 13.1 Å². The summed E-state index contributed by atoms with van der Waals surface area (Å²) in [5, 5.41) is 22.8. The van der Waals surface area contributed by atoms with E-state index in [4.69, 9.17) is 4.42 Å². The number of benzene rings is 1. The second-order valence-corrected chi connectivity index (χ2v) is 6.64. The molecule has 0 spiro atoms. The second-order valence-electron chi connectivity index (χ2n) is 6.64. The van der Waals surface area contributed by atoms with E-state index in [9.17, 15) is 19.6 Å². The molecule has 3 rings (SSSR count). The molecule has 0 bridgehead atoms. The zero-order valence-corrected chi connectivity index (χ0v) is 14.6. The van der Waals surface area contributed by atoms with Crippen LogP contribution in [-0.2, 0) is 16.0 Å². The average Bonchev–Trinajstić information content (AvgIpc) is 3.03. The van der Waals surface area contributed by atoms with Gasteiger partial charge in [0.05, 0.1) is 12.2 Å². The van der Waals surface area contributed by atoms with Crippen molar-refractivity contribution in [3.8, 4) is 0 Å². The van der Waals surface area contributed by atoms with Gasteiger partial charge >= 0.3 is 7.12 Å². The number of carbonyl (C=O) groups is 2. The Morgan fingerprint density at radius 1 is 1.31 bits per heavy atom. The fraction of sp³-hybridized carbons (Fsp3) is 0.444. The van der Waals surface area contributed by atoms with Crippen LogP contribution in [0.15, 0.2) is 34.9 Å². The molecule has 0 radical (unpaired) electrons. The Labute approximate surface area is 152 Å². The quantitative estimate of drug-likeness (QED) is 0.638. The number of hydrogen-bond acceptors (Lipinski definition) is 5. The number of likely N-dealkylation sites (tertiary alicyclic amines) is 1. The standard InChI is InChI=1S/C18H23BN2O5/c22-17(8-10-21-9-4-3-7-18(21)23)20-16(19(24)25)11-13-12-26-15-6-2-1-5-14(13)15/h1-2,5-6,12,16,24-25H,3-4,7-11H2,(H,20,22). The van der Waals surface area contributed by atoms with E-state index >= 15 is 0 Å². The van der Waals surface area contributed by atoms with Crippen LogP contribution in [0.25, 0.3) is 11.0 Å². The van der Waals surface area contributed by atoms with Crippen molar-refractivity contribution in [1.29, 1.82) is 0 Å². The van der Waals surface area contributed by atoms with Gasteiger partial charge in [0.15, 0.2) is 0 Å². The lowest BCUT2D eigenvalue weighted by molar-refractivity contribution is -0.133. The highest BCUT2D eigenvalue weighted by molar-refractivity contribution is 6.43. The molecule has 3 N–H and O–H groups in total. The number of piperidine rings is 1. The largest absolute Gasteiger partial charge is 0.475 e. The highest BCUT2D eigenvalue weighted by Crippen LogP contribution is 2.22. The first-order valence-electron chi connectivity index (χ1n) is 8.93. The molecular weight excluding hydrogens is 335 g/mol. The molecule has 8 heteroatoms. The Morgan fingerprint density at radius 2 is 2.12 bits per heavy atom. The molecule has 1 aromatic heterocycles. The topological polar surface area (TPSA) is 103 Å². The second kappa shape index (κ2) is 8.38. The number of furan rings is 1. The van der Waals surface area contributed by atoms with Gasteiger partial charge in [-0.3, -0.25) is 9.59 Å². The van der Waals surface area contributed by atoms with Crippen molar-refractivity contribution >= 4 is 29.9 Å². The van der Waals surface area contributed by atoms with Crippen molar-refractivity contribution in [2.75, 3.05) is 13.1 Å². The molecule has 1 atom stereocenters. The third-order valence-corrected chi connectivity index (χ3v) is 4.74. The smallest absolute Gasteiger partial charge is 0.464 e. The van der Waals surface area contributed by atoms with Gasteiger partial charge in [-0.2, -0.15) is 0 Å². The van der Waals surface area contributed by atoms with Gasteiger partial charge in [-0.05, 0) is 30.9 Å². The lowest BCUT2D eigenvalue weighted by Gasteiger charge is -2.26. The lowest BCUT2D eigenvalue weighted by atomic mass is 9.76. The molecule has 0 aliphatic carbocycles. The highest BCUT2D eigenvalue weighted by atomic mass is 16.4. The van der Waals surface area contributed by atoms with Crippen LogP contribution in [-0.4, -0.2) is 52.9 Å². The van der Waals surface area contributed by atoms with Gasteiger partial charge in [0, 0.05) is 31.3 Å². The minimum Gasteiger partial charge on any atom is -0.464 e. The van der Waals surface area contributed by atoms with Crippen molar-refractivity contribution in [1.82, 2.24) is 10.2 Å². The van der Waals surface area contributed by atoms with Crippen LogP contribution in [0, 0.1) is 0 Å². The Morgan fingerprint density at radius 3 is 2.88 bits per heavy atom. The van der Waals surface area contributed by atoms with E-state index in [1.54, 1.807) is 11.2 Å². The normalized spacial score (nSPS) is 15.9. The van der Waals surface area contributed by atoms with Crippen molar-refractivity contribution in [3.63, 3.8) is 0 Å². The summed E-state index contributed by atoms with van der Waals surface area (Å²) in [5.41, 5.74) is 1.51. The van der Waals surface area contributed by atoms with Gasteiger partial charge in [0.25, 0.3) is 0 Å². The summed E-state index contributed by atoms with van der Waals surface area (Å²) in [4.78, 5) is 25.7. The van der Waals surface area contributed by atoms with Crippen LogP contribution in [0.3, 0.4) is 0 Å². The molecule has 26 heavy (non-hydrogen) atoms. The minimum atomic E-state index is -1.69. The van der Waals surface area contributed by atoms with E-state index in [1.165, 1.54) is 0 Å². The van der Waals surface area contributed by atoms with E-state index in [1.807, 2.05) is 24.3 Å². The number of nitrogens with zero attached hydrogens (tertiary/aromatic N) is 1. The van der Waals surface area contributed by atoms with Crippen molar-refractivity contribution in [2.45, 2.75) is 38.0 Å². The first-order chi connectivity index (χ1) is 12.5. The average molecular weight is 358 g/mol. The predicted molar refractivity (Wildman–Crippen MR) is 97.1 cm³/mol. The zero-order valence-electron chi connectivity index (χ0n) is 14.6. The van der Waals surface area contributed by atoms with Gasteiger partial charge < -0.3 is 24.7 Å². The summed E-state index contributed by atoms with van der Waals surface area (Å²) in [7, 11) is -1.69. The van der Waals surface area contributed by atoms with Crippen molar-refractivity contribution in [2.24, 2.45) is 0 Å². The Kier molecular flexibility index (Phi) is 5.95. The van der Waals surface area contributed by atoms with Gasteiger partial charge in [-0.25, -0.2) is 0 Å². The van der Waals surface area contributed by atoms with E-state index in [0.29, 0.717) is 25.1 Å². The number of amides is 2. The summed E-state index contributed by atoms with van der Waals surface area (Å²) < 4.78 is 5.45. The molecule has 1 aliphatic heterocycles. The van der Waals surface area contributed by atoms with Gasteiger partial charge in [-0.15, -0.1) is 0 Å². The highest BCUT2D eigenvalue weighted by Gasteiger charge is 2.27. The molecule has 1 saturated heterocycles. The first kappa shape index (κ1) is 18.5. The first-order valence-corrected chi connectivity index (χ1v) is 8.93. The molecule has 2 amide bonds. The maximum atomic E-state index is 12.2. The molecule has 1 fully saturated rings. The van der Waals surface area contributed by atoms with E-state index in [2.05, 4.69) is 5.32 Å². The van der Waals surface area contributed by atoms with Gasteiger partial charge in [0.2, 0.25) is 11.8 Å². The number of nitrogens with one attached hydrogen (secondary N) is 1. The molecule has 138 valence electrons. The number of hydrogen-bond donors (Lipinski definition) is 3. The molecular formula is C18H23BN2O5. The van der Waals surface area contributed by atoms with Crippen molar-refractivity contribution in [3.05, 3.63) is 36.1 Å². The maximum Gasteiger partial charge on any atom is 0.475 e. The summed E-state index contributed by atoms with van der Waals surface area (Å²) in [5.74, 6) is -1.08. The fourth-order valence-electron chi connectivity index (χ4n) is 3.27. The Hall–Kier alpha value is -2.32. The number of rotatable bonds is 7. The number of carbonyl (C=O) groups excluding carboxylic acids is 2. The van der Waals surface area contributed by atoms with Crippen LogP contribution in [0.1, 0.15) is 31.2 Å². The van der Waals surface area contributed by atoms with Crippen LogP contribution < -0.4 is 5.32 Å². The monoisotopic (exact) mass is 358 g/mol. The van der Waals surface area contributed by atoms with Crippen LogP contribution >= 0.6 is 0 Å². The predicted octanol–water partition coefficient (Wildman–Crippen LogP) is 0.875. The third-order valence-electron chi connectivity index (χ3n) is 4.74. The molecule has 2 aromatic rings. The Balaban J connectivity index is 1.57. The van der Waals surface area contributed by atoms with Crippen LogP contribution in [0.2, 0.25) is 0 Å². The van der Waals surface area contributed by atoms with Crippen molar-refractivity contribution < 1.29 is 24.1 Å². The van der Waals surface area contributed by atoms with Crippen LogP contribution in [0.5, 0.6) is 0 Å². The summed E-state index contributed by atoms with van der Waals surface area (Å²) >= 11 is 0. The molecule has 2 heterocycles. The SMILES string of the molecule is O=C(CCN1CCCCC1=O)NC(Cc1coc2ccccc12)B(O)O. The van der Waals surface area contributed by atoms with Gasteiger partial charge in [-0.1, -0.05) is 18.2 Å². The number of para-hydroxylation sites is 1. The van der Waals surface area contributed by atoms with Gasteiger partial charge in [0.1, 0.15) is 5.58 Å². The fourth-order valence-corrected chi connectivity index (χ4v) is 3.27. The molecule has 1 aromatic carbocycles. The molecule has 1 unspecified atom stereocenters.